The van der Waals surface area contributed by atoms with Gasteiger partial charge in [-0.1, -0.05) is 6.07 Å². The fourth-order valence-electron chi connectivity index (χ4n) is 2.46. The molecule has 0 bridgehead atoms. The third-order valence-corrected chi connectivity index (χ3v) is 3.98. The molecule has 2 rings (SSSR count). The van der Waals surface area contributed by atoms with Gasteiger partial charge in [-0.2, -0.15) is 0 Å². The molecule has 0 fully saturated rings. The van der Waals surface area contributed by atoms with Crippen LogP contribution in [-0.4, -0.2) is 50.7 Å². The van der Waals surface area contributed by atoms with Crippen molar-refractivity contribution >= 4 is 12.0 Å². The van der Waals surface area contributed by atoms with Crippen molar-refractivity contribution in [3.63, 3.8) is 0 Å². The molecule has 0 aliphatic rings. The number of amides is 1. The quantitative estimate of drug-likeness (QED) is 0.681. The van der Waals surface area contributed by atoms with Gasteiger partial charge in [-0.3, -0.25) is 9.78 Å². The molecule has 6 nitrogen and oxygen atoms in total. The van der Waals surface area contributed by atoms with Crippen LogP contribution < -0.4 is 14.2 Å². The van der Waals surface area contributed by atoms with E-state index in [1.807, 2.05) is 18.2 Å². The standard InChI is InChI=1S/C20H24N2O4/c1-22(20(23)8-7-15-6-5-10-21-14-15)11-9-16-12-18(25-3)19(26-4)13-17(16)24-2/h5-8,10,12-14H,9,11H2,1-4H3. The summed E-state index contributed by atoms with van der Waals surface area (Å²) in [6.45, 7) is 0.544. The van der Waals surface area contributed by atoms with Gasteiger partial charge in [0.05, 0.1) is 21.3 Å². The number of hydrogen-bond acceptors (Lipinski definition) is 5. The fraction of sp³-hybridized carbons (Fsp3) is 0.300. The molecule has 0 N–H and O–H groups in total. The number of methoxy groups -OCH3 is 3. The molecule has 138 valence electrons. The zero-order valence-electron chi connectivity index (χ0n) is 15.6. The lowest BCUT2D eigenvalue weighted by Crippen LogP contribution is -2.27. The van der Waals surface area contributed by atoms with Crippen LogP contribution >= 0.6 is 0 Å². The predicted molar refractivity (Wildman–Crippen MR) is 101 cm³/mol. The Hall–Kier alpha value is -3.02. The van der Waals surface area contributed by atoms with Crippen LogP contribution in [0.2, 0.25) is 0 Å². The van der Waals surface area contributed by atoms with E-state index in [0.29, 0.717) is 30.2 Å². The third kappa shape index (κ3) is 4.99. The van der Waals surface area contributed by atoms with Gasteiger partial charge in [0.2, 0.25) is 5.91 Å². The highest BCUT2D eigenvalue weighted by atomic mass is 16.5. The van der Waals surface area contributed by atoms with Gasteiger partial charge < -0.3 is 19.1 Å². The molecular weight excluding hydrogens is 332 g/mol. The Balaban J connectivity index is 2.03. The van der Waals surface area contributed by atoms with Crippen molar-refractivity contribution in [1.82, 2.24) is 9.88 Å². The van der Waals surface area contributed by atoms with Crippen LogP contribution in [0.4, 0.5) is 0 Å². The first-order valence-electron chi connectivity index (χ1n) is 8.21. The van der Waals surface area contributed by atoms with Crippen molar-refractivity contribution < 1.29 is 19.0 Å². The fourth-order valence-corrected chi connectivity index (χ4v) is 2.46. The number of nitrogens with zero attached hydrogens (tertiary/aromatic N) is 2. The monoisotopic (exact) mass is 356 g/mol. The maximum Gasteiger partial charge on any atom is 0.246 e. The third-order valence-electron chi connectivity index (χ3n) is 3.98. The number of pyridine rings is 1. The average molecular weight is 356 g/mol. The summed E-state index contributed by atoms with van der Waals surface area (Å²) in [7, 11) is 6.55. The van der Waals surface area contributed by atoms with E-state index in [-0.39, 0.29) is 5.91 Å². The van der Waals surface area contributed by atoms with Gasteiger partial charge in [0, 0.05) is 38.1 Å². The van der Waals surface area contributed by atoms with Gasteiger partial charge in [-0.15, -0.1) is 0 Å². The van der Waals surface area contributed by atoms with Crippen LogP contribution in [0.5, 0.6) is 17.2 Å². The van der Waals surface area contributed by atoms with Crippen LogP contribution in [0.3, 0.4) is 0 Å². The normalized spacial score (nSPS) is 10.6. The first kappa shape index (κ1) is 19.3. The van der Waals surface area contributed by atoms with Crippen LogP contribution in [-0.2, 0) is 11.2 Å². The van der Waals surface area contributed by atoms with Crippen molar-refractivity contribution in [2.24, 2.45) is 0 Å². The number of hydrogen-bond donors (Lipinski definition) is 0. The second kappa shape index (κ2) is 9.46. The molecule has 0 radical (unpaired) electrons. The molecule has 2 aromatic rings. The number of carbonyl (C=O) groups is 1. The Morgan fingerprint density at radius 1 is 1.12 bits per heavy atom. The van der Waals surface area contributed by atoms with Crippen molar-refractivity contribution in [3.05, 3.63) is 53.9 Å². The van der Waals surface area contributed by atoms with Gasteiger partial charge in [0.1, 0.15) is 5.75 Å². The topological polar surface area (TPSA) is 60.9 Å². The molecule has 0 spiro atoms. The Kier molecular flexibility index (Phi) is 7.02. The molecule has 0 saturated carbocycles. The molecule has 1 amide bonds. The Bertz CT molecular complexity index is 760. The van der Waals surface area contributed by atoms with Crippen LogP contribution in [0.25, 0.3) is 6.08 Å². The van der Waals surface area contributed by atoms with E-state index in [1.165, 1.54) is 0 Å². The highest BCUT2D eigenvalue weighted by Gasteiger charge is 2.13. The maximum absolute atomic E-state index is 12.3. The molecule has 26 heavy (non-hydrogen) atoms. The van der Waals surface area contributed by atoms with Gasteiger partial charge >= 0.3 is 0 Å². The lowest BCUT2D eigenvalue weighted by molar-refractivity contribution is -0.124. The van der Waals surface area contributed by atoms with E-state index >= 15 is 0 Å². The Labute approximate surface area is 154 Å². The molecule has 0 aliphatic heterocycles. The van der Waals surface area contributed by atoms with Crippen LogP contribution in [0, 0.1) is 0 Å². The minimum atomic E-state index is -0.0757. The Morgan fingerprint density at radius 2 is 1.81 bits per heavy atom. The van der Waals surface area contributed by atoms with E-state index in [4.69, 9.17) is 14.2 Å². The van der Waals surface area contributed by atoms with Gasteiger partial charge in [0.15, 0.2) is 11.5 Å². The van der Waals surface area contributed by atoms with Crippen molar-refractivity contribution in [2.75, 3.05) is 34.9 Å². The van der Waals surface area contributed by atoms with Crippen molar-refractivity contribution in [2.45, 2.75) is 6.42 Å². The van der Waals surface area contributed by atoms with Gasteiger partial charge in [0.25, 0.3) is 0 Å². The number of carbonyl (C=O) groups excluding carboxylic acids is 1. The second-order valence-electron chi connectivity index (χ2n) is 5.65. The van der Waals surface area contributed by atoms with Crippen LogP contribution in [0.1, 0.15) is 11.1 Å². The maximum atomic E-state index is 12.3. The smallest absolute Gasteiger partial charge is 0.246 e. The first-order chi connectivity index (χ1) is 12.6. The van der Waals surface area contributed by atoms with Crippen molar-refractivity contribution in [1.29, 1.82) is 0 Å². The van der Waals surface area contributed by atoms with E-state index < -0.39 is 0 Å². The molecule has 0 aliphatic carbocycles. The minimum absolute atomic E-state index is 0.0757. The summed E-state index contributed by atoms with van der Waals surface area (Å²) in [5.74, 6) is 1.87. The summed E-state index contributed by atoms with van der Waals surface area (Å²) in [4.78, 5) is 17.9. The summed E-state index contributed by atoms with van der Waals surface area (Å²) < 4.78 is 16.1. The first-order valence-corrected chi connectivity index (χ1v) is 8.21. The average Bonchev–Trinajstić information content (AvgIpc) is 2.70. The summed E-state index contributed by atoms with van der Waals surface area (Å²) in [6.07, 6.45) is 7.33. The summed E-state index contributed by atoms with van der Waals surface area (Å²) in [6, 6.07) is 7.39. The van der Waals surface area contributed by atoms with Crippen LogP contribution in [0.15, 0.2) is 42.7 Å². The second-order valence-corrected chi connectivity index (χ2v) is 5.65. The Morgan fingerprint density at radius 3 is 2.42 bits per heavy atom. The predicted octanol–water partition coefficient (Wildman–Crippen LogP) is 2.82. The van der Waals surface area contributed by atoms with Gasteiger partial charge in [-0.05, 0) is 35.8 Å². The summed E-state index contributed by atoms with van der Waals surface area (Å²) in [5, 5.41) is 0. The number of aromatic nitrogens is 1. The molecule has 0 unspecified atom stereocenters. The molecule has 0 atom stereocenters. The number of likely N-dealkylation sites (N-methyl/N-ethyl adjacent to an activating group) is 1. The summed E-state index contributed by atoms with van der Waals surface area (Å²) in [5.41, 5.74) is 1.83. The zero-order valence-corrected chi connectivity index (χ0v) is 15.6. The van der Waals surface area contributed by atoms with Gasteiger partial charge in [-0.25, -0.2) is 0 Å². The van der Waals surface area contributed by atoms with E-state index in [0.717, 1.165) is 11.1 Å². The SMILES string of the molecule is COc1cc(OC)c(OC)cc1CCN(C)C(=O)C=Cc1cccnc1. The number of benzene rings is 1. The highest BCUT2D eigenvalue weighted by molar-refractivity contribution is 5.91. The molecule has 1 heterocycles. The molecule has 6 heteroatoms. The lowest BCUT2D eigenvalue weighted by Gasteiger charge is -2.18. The molecule has 1 aromatic carbocycles. The zero-order chi connectivity index (χ0) is 18.9. The summed E-state index contributed by atoms with van der Waals surface area (Å²) >= 11 is 0. The molecule has 0 saturated heterocycles. The van der Waals surface area contributed by atoms with E-state index in [2.05, 4.69) is 4.98 Å². The minimum Gasteiger partial charge on any atom is -0.496 e. The number of ether oxygens (including phenoxy) is 3. The largest absolute Gasteiger partial charge is 0.496 e. The molecular formula is C20H24N2O4. The van der Waals surface area contributed by atoms with Crippen molar-refractivity contribution in [3.8, 4) is 17.2 Å². The number of rotatable bonds is 8. The van der Waals surface area contributed by atoms with E-state index in [1.54, 1.807) is 63.9 Å². The highest BCUT2D eigenvalue weighted by Crippen LogP contribution is 2.34. The molecule has 1 aromatic heterocycles. The lowest BCUT2D eigenvalue weighted by atomic mass is 10.1. The van der Waals surface area contributed by atoms with E-state index in [9.17, 15) is 4.79 Å².